The normalized spacial score (nSPS) is 15.5. The molecule has 1 atom stereocenters. The van der Waals surface area contributed by atoms with Gasteiger partial charge in [-0.15, -0.1) is 0 Å². The van der Waals surface area contributed by atoms with Gasteiger partial charge < -0.3 is 20.1 Å². The zero-order valence-corrected chi connectivity index (χ0v) is 17.6. The molecule has 2 heterocycles. The number of carbonyl (C=O) groups excluding carboxylic acids is 1. The quantitative estimate of drug-likeness (QED) is 0.541. The van der Waals surface area contributed by atoms with Crippen molar-refractivity contribution >= 4 is 23.5 Å². The van der Waals surface area contributed by atoms with Crippen LogP contribution in [0.1, 0.15) is 12.8 Å². The van der Waals surface area contributed by atoms with E-state index in [1.807, 2.05) is 4.90 Å². The van der Waals surface area contributed by atoms with E-state index >= 15 is 0 Å². The van der Waals surface area contributed by atoms with Crippen LogP contribution in [0.3, 0.4) is 0 Å². The second kappa shape index (κ2) is 9.61. The molecule has 1 saturated heterocycles. The largest absolute Gasteiger partial charge is 0.495 e. The van der Waals surface area contributed by atoms with Crippen LogP contribution in [0.15, 0.2) is 54.7 Å². The summed E-state index contributed by atoms with van der Waals surface area (Å²) in [6.45, 7) is 0.786. The van der Waals surface area contributed by atoms with Gasteiger partial charge in [0.15, 0.2) is 0 Å². The Morgan fingerprint density at radius 2 is 2.06 bits per heavy atom. The predicted molar refractivity (Wildman–Crippen MR) is 121 cm³/mol. The number of hydrogen-bond donors (Lipinski definition) is 3. The molecule has 2 aromatic carbocycles. The van der Waals surface area contributed by atoms with Crippen molar-refractivity contribution in [1.29, 1.82) is 0 Å². The molecule has 9 heteroatoms. The zero-order valence-electron chi connectivity index (χ0n) is 17.6. The molecule has 1 aromatic heterocycles. The Bertz CT molecular complexity index is 1110. The highest BCUT2D eigenvalue weighted by Gasteiger charge is 2.26. The third-order valence-corrected chi connectivity index (χ3v) is 5.33. The lowest BCUT2D eigenvalue weighted by molar-refractivity contribution is 0.261. The highest BCUT2D eigenvalue weighted by atomic mass is 19.1. The maximum absolute atomic E-state index is 13.6. The number of rotatable bonds is 6. The first-order valence-corrected chi connectivity index (χ1v) is 10.3. The number of amides is 2. The maximum atomic E-state index is 13.6. The topological polar surface area (TPSA) is 99.6 Å². The van der Waals surface area contributed by atoms with Crippen molar-refractivity contribution in [3.63, 3.8) is 0 Å². The third kappa shape index (κ3) is 4.78. The summed E-state index contributed by atoms with van der Waals surface area (Å²) < 4.78 is 19.0. The maximum Gasteiger partial charge on any atom is 0.324 e. The van der Waals surface area contributed by atoms with Gasteiger partial charge in [-0.1, -0.05) is 18.2 Å². The van der Waals surface area contributed by atoms with Gasteiger partial charge >= 0.3 is 6.03 Å². The van der Waals surface area contributed by atoms with Crippen molar-refractivity contribution in [2.24, 2.45) is 0 Å². The minimum Gasteiger partial charge on any atom is -0.495 e. The van der Waals surface area contributed by atoms with Gasteiger partial charge in [-0.25, -0.2) is 14.2 Å². The number of ether oxygens (including phenoxy) is 1. The van der Waals surface area contributed by atoms with Crippen LogP contribution >= 0.6 is 0 Å². The van der Waals surface area contributed by atoms with Crippen molar-refractivity contribution in [2.45, 2.75) is 18.9 Å². The van der Waals surface area contributed by atoms with E-state index in [9.17, 15) is 14.3 Å². The summed E-state index contributed by atoms with van der Waals surface area (Å²) in [6, 6.07) is 12.5. The molecule has 1 fully saturated rings. The SMILES string of the molecule is COc1ccc(-c2cccc(F)c2)cc1NC(=O)Nc1ccnc(N2CCC[C@H]2CO)n1. The fourth-order valence-corrected chi connectivity index (χ4v) is 3.77. The number of nitrogens with one attached hydrogen (secondary N) is 2. The number of nitrogens with zero attached hydrogens (tertiary/aromatic N) is 3. The molecule has 1 aliphatic heterocycles. The van der Waals surface area contributed by atoms with Crippen molar-refractivity contribution in [2.75, 3.05) is 35.8 Å². The highest BCUT2D eigenvalue weighted by molar-refractivity contribution is 6.00. The number of aliphatic hydroxyl groups excluding tert-OH is 1. The van der Waals surface area contributed by atoms with E-state index in [-0.39, 0.29) is 18.5 Å². The molecule has 0 aliphatic carbocycles. The summed E-state index contributed by atoms with van der Waals surface area (Å²) in [5.74, 6) is 0.916. The number of benzene rings is 2. The van der Waals surface area contributed by atoms with E-state index < -0.39 is 6.03 Å². The number of carbonyl (C=O) groups is 1. The molecule has 166 valence electrons. The zero-order chi connectivity index (χ0) is 22.5. The Labute approximate surface area is 185 Å². The molecule has 3 aromatic rings. The number of halogens is 1. The van der Waals surface area contributed by atoms with E-state index in [1.54, 1.807) is 42.6 Å². The van der Waals surface area contributed by atoms with Gasteiger partial charge in [0.1, 0.15) is 17.4 Å². The van der Waals surface area contributed by atoms with Crippen molar-refractivity contribution in [3.05, 3.63) is 60.5 Å². The molecular formula is C23H24FN5O3. The van der Waals surface area contributed by atoms with Crippen molar-refractivity contribution in [1.82, 2.24) is 9.97 Å². The van der Waals surface area contributed by atoms with E-state index in [0.29, 0.717) is 28.8 Å². The summed E-state index contributed by atoms with van der Waals surface area (Å²) in [5, 5.41) is 15.0. The standard InChI is InChI=1S/C23H24FN5O3/c1-32-20-8-7-16(15-4-2-5-17(24)12-15)13-19(20)26-23(31)28-21-9-10-25-22(27-21)29-11-3-6-18(29)14-30/h2,4-5,7-10,12-13,18,30H,3,6,11,14H2,1H3,(H2,25,26,27,28,31)/t18-/m0/s1. The molecule has 0 unspecified atom stereocenters. The Balaban J connectivity index is 1.50. The minimum absolute atomic E-state index is 0.0195. The van der Waals surface area contributed by atoms with Crippen LogP contribution in [0.5, 0.6) is 5.75 Å². The molecule has 32 heavy (non-hydrogen) atoms. The second-order valence-electron chi connectivity index (χ2n) is 7.42. The molecule has 1 aliphatic rings. The average Bonchev–Trinajstić information content (AvgIpc) is 3.28. The molecule has 0 radical (unpaired) electrons. The van der Waals surface area contributed by atoms with Crippen LogP contribution in [0.2, 0.25) is 0 Å². The lowest BCUT2D eigenvalue weighted by Crippen LogP contribution is -2.33. The number of hydrogen-bond acceptors (Lipinski definition) is 6. The van der Waals surface area contributed by atoms with Crippen LogP contribution in [0, 0.1) is 5.82 Å². The number of anilines is 3. The van der Waals surface area contributed by atoms with Gasteiger partial charge in [0, 0.05) is 12.7 Å². The first-order chi connectivity index (χ1) is 15.6. The molecular weight excluding hydrogens is 413 g/mol. The van der Waals surface area contributed by atoms with E-state index in [1.165, 1.54) is 19.2 Å². The van der Waals surface area contributed by atoms with Gasteiger partial charge in [-0.2, -0.15) is 4.98 Å². The molecule has 4 rings (SSSR count). The van der Waals surface area contributed by atoms with Crippen LogP contribution in [-0.2, 0) is 0 Å². The lowest BCUT2D eigenvalue weighted by Gasteiger charge is -2.23. The molecule has 0 spiro atoms. The van der Waals surface area contributed by atoms with Crippen LogP contribution in [-0.4, -0.2) is 47.4 Å². The van der Waals surface area contributed by atoms with Crippen molar-refractivity contribution < 1.29 is 19.0 Å². The number of aromatic nitrogens is 2. The second-order valence-corrected chi connectivity index (χ2v) is 7.42. The molecule has 0 saturated carbocycles. The minimum atomic E-state index is -0.510. The van der Waals surface area contributed by atoms with Crippen LogP contribution in [0.4, 0.5) is 26.6 Å². The van der Waals surface area contributed by atoms with E-state index in [2.05, 4.69) is 20.6 Å². The summed E-state index contributed by atoms with van der Waals surface area (Å²) >= 11 is 0. The predicted octanol–water partition coefficient (Wildman–Crippen LogP) is 3.90. The fourth-order valence-electron chi connectivity index (χ4n) is 3.77. The Morgan fingerprint density at radius 3 is 2.84 bits per heavy atom. The van der Waals surface area contributed by atoms with Crippen molar-refractivity contribution in [3.8, 4) is 16.9 Å². The number of methoxy groups -OCH3 is 1. The number of urea groups is 1. The lowest BCUT2D eigenvalue weighted by atomic mass is 10.0. The van der Waals surface area contributed by atoms with Gasteiger partial charge in [-0.05, 0) is 54.3 Å². The first kappa shape index (κ1) is 21.5. The van der Waals surface area contributed by atoms with Gasteiger partial charge in [0.25, 0.3) is 0 Å². The summed E-state index contributed by atoms with van der Waals surface area (Å²) in [4.78, 5) is 23.3. The summed E-state index contributed by atoms with van der Waals surface area (Å²) in [5.41, 5.74) is 1.84. The average molecular weight is 437 g/mol. The monoisotopic (exact) mass is 437 g/mol. The van der Waals surface area contributed by atoms with Gasteiger partial charge in [0.2, 0.25) is 5.95 Å². The molecule has 2 amide bonds. The fraction of sp³-hybridized carbons (Fsp3) is 0.261. The number of aliphatic hydroxyl groups is 1. The smallest absolute Gasteiger partial charge is 0.324 e. The highest BCUT2D eigenvalue weighted by Crippen LogP contribution is 2.31. The Kier molecular flexibility index (Phi) is 6.46. The first-order valence-electron chi connectivity index (χ1n) is 10.3. The van der Waals surface area contributed by atoms with Crippen LogP contribution in [0.25, 0.3) is 11.1 Å². The van der Waals surface area contributed by atoms with Crippen LogP contribution < -0.4 is 20.3 Å². The Hall–Kier alpha value is -3.72. The summed E-state index contributed by atoms with van der Waals surface area (Å²) in [7, 11) is 1.50. The van der Waals surface area contributed by atoms with Gasteiger partial charge in [0.05, 0.1) is 25.4 Å². The van der Waals surface area contributed by atoms with E-state index in [0.717, 1.165) is 24.9 Å². The Morgan fingerprint density at radius 1 is 1.22 bits per heavy atom. The van der Waals surface area contributed by atoms with E-state index in [4.69, 9.17) is 4.74 Å². The van der Waals surface area contributed by atoms with Gasteiger partial charge in [-0.3, -0.25) is 5.32 Å². The molecule has 0 bridgehead atoms. The third-order valence-electron chi connectivity index (χ3n) is 5.33. The summed E-state index contributed by atoms with van der Waals surface area (Å²) in [6.07, 6.45) is 3.39. The molecule has 8 nitrogen and oxygen atoms in total. The molecule has 3 N–H and O–H groups in total.